The second-order valence-electron chi connectivity index (χ2n) is 5.27. The maximum Gasteiger partial charge on any atom is 0.305 e. The van der Waals surface area contributed by atoms with Gasteiger partial charge < -0.3 is 15.2 Å². The van der Waals surface area contributed by atoms with Crippen LogP contribution in [0.1, 0.15) is 31.7 Å². The predicted octanol–water partition coefficient (Wildman–Crippen LogP) is 1.42. The lowest BCUT2D eigenvalue weighted by atomic mass is 10.1. The minimum absolute atomic E-state index is 0.0445. The Morgan fingerprint density at radius 2 is 2.17 bits per heavy atom. The molecule has 0 aliphatic carbocycles. The molecular formula is C17H20N2O5. The van der Waals surface area contributed by atoms with Crippen LogP contribution in [-0.2, 0) is 19.1 Å². The summed E-state index contributed by atoms with van der Waals surface area (Å²) in [6.45, 7) is 2.49. The normalized spacial score (nSPS) is 15.5. The Morgan fingerprint density at radius 3 is 2.83 bits per heavy atom. The van der Waals surface area contributed by atoms with E-state index in [-0.39, 0.29) is 18.3 Å². The molecule has 7 heteroatoms. The molecule has 0 radical (unpaired) electrons. The van der Waals surface area contributed by atoms with E-state index in [1.165, 1.54) is 0 Å². The van der Waals surface area contributed by atoms with Gasteiger partial charge in [-0.3, -0.25) is 19.7 Å². The number of hydrogen-bond donors (Lipinski definition) is 2. The average molecular weight is 332 g/mol. The summed E-state index contributed by atoms with van der Waals surface area (Å²) in [5.74, 6) is -0.401. The molecule has 2 rings (SSSR count). The highest BCUT2D eigenvalue weighted by molar-refractivity contribution is 6.15. The van der Waals surface area contributed by atoms with Crippen molar-refractivity contribution in [1.29, 1.82) is 0 Å². The van der Waals surface area contributed by atoms with Gasteiger partial charge in [-0.25, -0.2) is 0 Å². The van der Waals surface area contributed by atoms with Gasteiger partial charge in [0.2, 0.25) is 5.91 Å². The van der Waals surface area contributed by atoms with Crippen molar-refractivity contribution in [3.63, 3.8) is 0 Å². The SMILES string of the molecule is CCOC(=O)CCCOc1ccc(N)c(C=C2CC(=O)NC2=O)c1. The van der Waals surface area contributed by atoms with Crippen LogP contribution in [0.25, 0.3) is 6.08 Å². The summed E-state index contributed by atoms with van der Waals surface area (Å²) >= 11 is 0. The van der Waals surface area contributed by atoms with Gasteiger partial charge >= 0.3 is 5.97 Å². The van der Waals surface area contributed by atoms with Crippen LogP contribution in [0, 0.1) is 0 Å². The fraction of sp³-hybridized carbons (Fsp3) is 0.353. The molecule has 7 nitrogen and oxygen atoms in total. The standard InChI is InChI=1S/C17H20N2O5/c1-2-23-16(21)4-3-7-24-13-5-6-14(18)11(9-13)8-12-10-15(20)19-17(12)22/h5-6,8-9H,2-4,7,10,18H2,1H3,(H,19,20,22). The monoisotopic (exact) mass is 332 g/mol. The molecule has 24 heavy (non-hydrogen) atoms. The Kier molecular flexibility index (Phi) is 5.95. The van der Waals surface area contributed by atoms with E-state index in [0.29, 0.717) is 48.6 Å². The first kappa shape index (κ1) is 17.5. The Hall–Kier alpha value is -2.83. The van der Waals surface area contributed by atoms with Gasteiger partial charge in [-0.05, 0) is 37.6 Å². The summed E-state index contributed by atoms with van der Waals surface area (Å²) in [6, 6.07) is 5.08. The van der Waals surface area contributed by atoms with Gasteiger partial charge in [-0.1, -0.05) is 0 Å². The number of carbonyl (C=O) groups is 3. The van der Waals surface area contributed by atoms with E-state index in [1.807, 2.05) is 0 Å². The van der Waals surface area contributed by atoms with Crippen molar-refractivity contribution in [2.45, 2.75) is 26.2 Å². The Labute approximate surface area is 139 Å². The van der Waals surface area contributed by atoms with E-state index < -0.39 is 5.91 Å². The number of ether oxygens (including phenoxy) is 2. The highest BCUT2D eigenvalue weighted by atomic mass is 16.5. The molecule has 2 amide bonds. The van der Waals surface area contributed by atoms with E-state index in [1.54, 1.807) is 31.2 Å². The summed E-state index contributed by atoms with van der Waals surface area (Å²) < 4.78 is 10.4. The summed E-state index contributed by atoms with van der Waals surface area (Å²) in [6.07, 6.45) is 2.46. The molecule has 3 N–H and O–H groups in total. The highest BCUT2D eigenvalue weighted by Gasteiger charge is 2.23. The smallest absolute Gasteiger partial charge is 0.305 e. The van der Waals surface area contributed by atoms with Gasteiger partial charge in [0.15, 0.2) is 0 Å². The van der Waals surface area contributed by atoms with Crippen molar-refractivity contribution in [2.75, 3.05) is 18.9 Å². The summed E-state index contributed by atoms with van der Waals surface area (Å²) in [5, 5.41) is 2.22. The van der Waals surface area contributed by atoms with Crippen LogP contribution in [0.3, 0.4) is 0 Å². The zero-order valence-electron chi connectivity index (χ0n) is 13.5. The Balaban J connectivity index is 1.96. The molecule has 1 aliphatic heterocycles. The quantitative estimate of drug-likeness (QED) is 0.257. The van der Waals surface area contributed by atoms with Gasteiger partial charge in [0.25, 0.3) is 5.91 Å². The van der Waals surface area contributed by atoms with E-state index >= 15 is 0 Å². The largest absolute Gasteiger partial charge is 0.494 e. The van der Waals surface area contributed by atoms with Crippen LogP contribution in [0.4, 0.5) is 5.69 Å². The third-order valence-electron chi connectivity index (χ3n) is 3.38. The molecule has 0 bridgehead atoms. The van der Waals surface area contributed by atoms with Crippen molar-refractivity contribution in [3.05, 3.63) is 29.3 Å². The van der Waals surface area contributed by atoms with Crippen LogP contribution in [0.15, 0.2) is 23.8 Å². The van der Waals surface area contributed by atoms with Gasteiger partial charge in [-0.2, -0.15) is 0 Å². The summed E-state index contributed by atoms with van der Waals surface area (Å²) in [7, 11) is 0. The van der Waals surface area contributed by atoms with Crippen molar-refractivity contribution in [2.24, 2.45) is 0 Å². The van der Waals surface area contributed by atoms with Crippen LogP contribution in [-0.4, -0.2) is 31.0 Å². The topological polar surface area (TPSA) is 108 Å². The second kappa shape index (κ2) is 8.14. The third-order valence-corrected chi connectivity index (χ3v) is 3.38. The molecule has 1 aromatic carbocycles. The van der Waals surface area contributed by atoms with Gasteiger partial charge in [0.05, 0.1) is 19.6 Å². The van der Waals surface area contributed by atoms with Crippen molar-refractivity contribution in [3.8, 4) is 5.75 Å². The number of carbonyl (C=O) groups excluding carboxylic acids is 3. The number of nitrogens with one attached hydrogen (secondary N) is 1. The minimum atomic E-state index is -0.403. The van der Waals surface area contributed by atoms with Gasteiger partial charge in [-0.15, -0.1) is 0 Å². The maximum atomic E-state index is 11.6. The van der Waals surface area contributed by atoms with Gasteiger partial charge in [0, 0.05) is 23.2 Å². The number of hydrogen-bond acceptors (Lipinski definition) is 6. The number of rotatable bonds is 7. The van der Waals surface area contributed by atoms with Crippen molar-refractivity contribution >= 4 is 29.5 Å². The molecule has 0 spiro atoms. The Morgan fingerprint density at radius 1 is 1.38 bits per heavy atom. The molecule has 1 fully saturated rings. The fourth-order valence-corrected chi connectivity index (χ4v) is 2.22. The van der Waals surface area contributed by atoms with E-state index in [2.05, 4.69) is 5.32 Å². The number of nitrogen functional groups attached to an aromatic ring is 1. The molecule has 1 aromatic rings. The molecule has 0 saturated carbocycles. The molecule has 0 atom stereocenters. The van der Waals surface area contributed by atoms with Gasteiger partial charge in [0.1, 0.15) is 5.75 Å². The van der Waals surface area contributed by atoms with Crippen LogP contribution in [0.2, 0.25) is 0 Å². The molecule has 0 unspecified atom stereocenters. The molecule has 0 aromatic heterocycles. The number of amides is 2. The zero-order valence-corrected chi connectivity index (χ0v) is 13.5. The maximum absolute atomic E-state index is 11.6. The van der Waals surface area contributed by atoms with E-state index in [9.17, 15) is 14.4 Å². The van der Waals surface area contributed by atoms with Crippen LogP contribution in [0.5, 0.6) is 5.75 Å². The first-order chi connectivity index (χ1) is 11.5. The lowest BCUT2D eigenvalue weighted by Crippen LogP contribution is -2.19. The molecule has 1 aliphatic rings. The molecule has 128 valence electrons. The van der Waals surface area contributed by atoms with E-state index in [0.717, 1.165) is 0 Å². The number of imide groups is 1. The second-order valence-corrected chi connectivity index (χ2v) is 5.27. The summed E-state index contributed by atoms with van der Waals surface area (Å²) in [5.41, 5.74) is 7.35. The van der Waals surface area contributed by atoms with E-state index in [4.69, 9.17) is 15.2 Å². The third kappa shape index (κ3) is 4.84. The predicted molar refractivity (Wildman–Crippen MR) is 88.0 cm³/mol. The first-order valence-electron chi connectivity index (χ1n) is 7.72. The average Bonchev–Trinajstić information content (AvgIpc) is 2.85. The number of benzene rings is 1. The first-order valence-corrected chi connectivity index (χ1v) is 7.72. The van der Waals surface area contributed by atoms with Crippen LogP contribution >= 0.6 is 0 Å². The number of anilines is 1. The molecule has 1 saturated heterocycles. The van der Waals surface area contributed by atoms with Crippen molar-refractivity contribution < 1.29 is 23.9 Å². The highest BCUT2D eigenvalue weighted by Crippen LogP contribution is 2.24. The minimum Gasteiger partial charge on any atom is -0.494 e. The lowest BCUT2D eigenvalue weighted by molar-refractivity contribution is -0.143. The lowest BCUT2D eigenvalue weighted by Gasteiger charge is -2.09. The summed E-state index contributed by atoms with van der Waals surface area (Å²) in [4.78, 5) is 34.0. The number of nitrogens with two attached hydrogens (primary N) is 1. The zero-order chi connectivity index (χ0) is 17.5. The Bertz CT molecular complexity index is 682. The van der Waals surface area contributed by atoms with Crippen LogP contribution < -0.4 is 15.8 Å². The van der Waals surface area contributed by atoms with Crippen molar-refractivity contribution in [1.82, 2.24) is 5.32 Å². The number of esters is 1. The molecular weight excluding hydrogens is 312 g/mol. The molecule has 1 heterocycles. The fourth-order valence-electron chi connectivity index (χ4n) is 2.22.